The Morgan fingerprint density at radius 2 is 1.96 bits per heavy atom. The van der Waals surface area contributed by atoms with Crippen LogP contribution >= 0.6 is 0 Å². The minimum absolute atomic E-state index is 0.0468. The number of hydrogen-bond donors (Lipinski definition) is 1. The predicted octanol–water partition coefficient (Wildman–Crippen LogP) is 3.42. The largest absolute Gasteiger partial charge is 0.455 e. The number of carbonyl (C=O) groups excluding carboxylic acids is 2. The van der Waals surface area contributed by atoms with Crippen molar-refractivity contribution in [3.63, 3.8) is 0 Å². The van der Waals surface area contributed by atoms with Crippen LogP contribution in [0.5, 0.6) is 0 Å². The molecule has 3 rings (SSSR count). The summed E-state index contributed by atoms with van der Waals surface area (Å²) < 4.78 is 10.2. The molecule has 1 amide bonds. The molecule has 2 aromatic carbocycles. The van der Waals surface area contributed by atoms with Gasteiger partial charge in [-0.3, -0.25) is 9.59 Å². The maximum Gasteiger partial charge on any atom is 0.312 e. The van der Waals surface area contributed by atoms with Crippen LogP contribution in [0.3, 0.4) is 0 Å². The standard InChI is InChI=1S/C20H20N2O4/c1-3-14-8-6-7-13(2)20(14)21-18(23)12-25-19(24)11-16-15-9-4-5-10-17(15)26-22-16/h4-10H,3,11-12H2,1-2H3,(H,21,23). The lowest BCUT2D eigenvalue weighted by molar-refractivity contribution is -0.146. The fraction of sp³-hybridized carbons (Fsp3) is 0.250. The molecule has 1 heterocycles. The maximum absolute atomic E-state index is 12.1. The summed E-state index contributed by atoms with van der Waals surface area (Å²) in [5.41, 5.74) is 3.90. The van der Waals surface area contributed by atoms with E-state index in [1.165, 1.54) is 0 Å². The quantitative estimate of drug-likeness (QED) is 0.688. The summed E-state index contributed by atoms with van der Waals surface area (Å²) in [4.78, 5) is 24.1. The van der Waals surface area contributed by atoms with Crippen molar-refractivity contribution in [3.05, 3.63) is 59.3 Å². The van der Waals surface area contributed by atoms with Gasteiger partial charge < -0.3 is 14.6 Å². The highest BCUT2D eigenvalue weighted by atomic mass is 16.5. The molecular weight excluding hydrogens is 332 g/mol. The molecule has 26 heavy (non-hydrogen) atoms. The smallest absolute Gasteiger partial charge is 0.312 e. The highest BCUT2D eigenvalue weighted by Crippen LogP contribution is 2.21. The van der Waals surface area contributed by atoms with Gasteiger partial charge in [0.25, 0.3) is 5.91 Å². The van der Waals surface area contributed by atoms with Crippen LogP contribution in [-0.2, 0) is 27.2 Å². The van der Waals surface area contributed by atoms with Crippen LogP contribution in [0.15, 0.2) is 47.0 Å². The molecule has 0 fully saturated rings. The number of carbonyl (C=O) groups is 2. The van der Waals surface area contributed by atoms with E-state index < -0.39 is 5.97 Å². The minimum atomic E-state index is -0.528. The number of fused-ring (bicyclic) bond motifs is 1. The van der Waals surface area contributed by atoms with Crippen molar-refractivity contribution < 1.29 is 18.8 Å². The van der Waals surface area contributed by atoms with E-state index in [-0.39, 0.29) is 18.9 Å². The molecular formula is C20H20N2O4. The highest BCUT2D eigenvalue weighted by molar-refractivity contribution is 5.94. The number of amides is 1. The SMILES string of the molecule is CCc1cccc(C)c1NC(=O)COC(=O)Cc1noc2ccccc12. The van der Waals surface area contributed by atoms with Gasteiger partial charge in [-0.05, 0) is 36.6 Å². The Hall–Kier alpha value is -3.15. The van der Waals surface area contributed by atoms with Gasteiger partial charge in [-0.2, -0.15) is 0 Å². The van der Waals surface area contributed by atoms with Gasteiger partial charge in [0.1, 0.15) is 5.69 Å². The van der Waals surface area contributed by atoms with Gasteiger partial charge in [0.2, 0.25) is 0 Å². The van der Waals surface area contributed by atoms with Gasteiger partial charge in [-0.15, -0.1) is 0 Å². The van der Waals surface area contributed by atoms with Crippen molar-refractivity contribution >= 4 is 28.5 Å². The number of rotatable bonds is 6. The monoisotopic (exact) mass is 352 g/mol. The van der Waals surface area contributed by atoms with Crippen molar-refractivity contribution in [2.75, 3.05) is 11.9 Å². The number of anilines is 1. The number of benzene rings is 2. The summed E-state index contributed by atoms with van der Waals surface area (Å²) in [6, 6.07) is 13.1. The average molecular weight is 352 g/mol. The van der Waals surface area contributed by atoms with Gasteiger partial charge in [-0.25, -0.2) is 0 Å². The number of ether oxygens (including phenoxy) is 1. The molecule has 6 heteroatoms. The van der Waals surface area contributed by atoms with Gasteiger partial charge in [0.05, 0.1) is 6.42 Å². The van der Waals surface area contributed by atoms with Gasteiger partial charge in [-0.1, -0.05) is 42.4 Å². The van der Waals surface area contributed by atoms with Crippen molar-refractivity contribution in [1.82, 2.24) is 5.16 Å². The van der Waals surface area contributed by atoms with E-state index in [0.717, 1.165) is 28.6 Å². The predicted molar refractivity (Wildman–Crippen MR) is 97.9 cm³/mol. The third-order valence-corrected chi connectivity index (χ3v) is 4.13. The molecule has 0 aliphatic heterocycles. The Kier molecular flexibility index (Phi) is 5.31. The molecule has 0 bridgehead atoms. The maximum atomic E-state index is 12.1. The molecule has 0 spiro atoms. The minimum Gasteiger partial charge on any atom is -0.455 e. The van der Waals surface area contributed by atoms with E-state index >= 15 is 0 Å². The van der Waals surface area contributed by atoms with E-state index in [9.17, 15) is 9.59 Å². The second kappa shape index (κ2) is 7.82. The molecule has 3 aromatic rings. The second-order valence-electron chi connectivity index (χ2n) is 5.97. The first kappa shape index (κ1) is 17.7. The van der Waals surface area contributed by atoms with Crippen LogP contribution < -0.4 is 5.32 Å². The van der Waals surface area contributed by atoms with Crippen LogP contribution in [0.4, 0.5) is 5.69 Å². The van der Waals surface area contributed by atoms with Crippen LogP contribution in [0.1, 0.15) is 23.7 Å². The number of esters is 1. The Bertz CT molecular complexity index is 946. The first-order chi connectivity index (χ1) is 12.6. The highest BCUT2D eigenvalue weighted by Gasteiger charge is 2.15. The van der Waals surface area contributed by atoms with Gasteiger partial charge >= 0.3 is 5.97 Å². The van der Waals surface area contributed by atoms with Crippen LogP contribution in [0.2, 0.25) is 0 Å². The molecule has 1 aromatic heterocycles. The number of nitrogens with zero attached hydrogens (tertiary/aromatic N) is 1. The second-order valence-corrected chi connectivity index (χ2v) is 5.97. The molecule has 0 radical (unpaired) electrons. The third-order valence-electron chi connectivity index (χ3n) is 4.13. The number of aromatic nitrogens is 1. The lowest BCUT2D eigenvalue weighted by Crippen LogP contribution is -2.22. The Morgan fingerprint density at radius 1 is 1.15 bits per heavy atom. The first-order valence-corrected chi connectivity index (χ1v) is 8.45. The molecule has 0 aliphatic rings. The molecule has 0 unspecified atom stereocenters. The Labute approximate surface area is 151 Å². The average Bonchev–Trinajstić information content (AvgIpc) is 3.05. The first-order valence-electron chi connectivity index (χ1n) is 8.45. The van der Waals surface area contributed by atoms with E-state index in [1.54, 1.807) is 6.07 Å². The normalized spacial score (nSPS) is 10.7. The third kappa shape index (κ3) is 3.91. The number of aryl methyl sites for hydroxylation is 2. The summed E-state index contributed by atoms with van der Waals surface area (Å²) in [5, 5.41) is 7.48. The zero-order valence-corrected chi connectivity index (χ0v) is 14.7. The molecule has 0 saturated heterocycles. The van der Waals surface area contributed by atoms with Crippen LogP contribution in [0, 0.1) is 6.92 Å². The zero-order valence-electron chi connectivity index (χ0n) is 14.7. The lowest BCUT2D eigenvalue weighted by Gasteiger charge is -2.13. The van der Waals surface area contributed by atoms with E-state index in [0.29, 0.717) is 11.3 Å². The molecule has 0 atom stereocenters. The number of nitrogens with one attached hydrogen (secondary N) is 1. The molecule has 0 aliphatic carbocycles. The number of hydrogen-bond acceptors (Lipinski definition) is 5. The summed E-state index contributed by atoms with van der Waals surface area (Å²) >= 11 is 0. The van der Waals surface area contributed by atoms with E-state index in [4.69, 9.17) is 9.26 Å². The van der Waals surface area contributed by atoms with Crippen LogP contribution in [0.25, 0.3) is 11.0 Å². The van der Waals surface area contributed by atoms with E-state index in [1.807, 2.05) is 50.2 Å². The zero-order chi connectivity index (χ0) is 18.5. The molecule has 0 saturated carbocycles. The topological polar surface area (TPSA) is 81.4 Å². The van der Waals surface area contributed by atoms with Crippen LogP contribution in [-0.4, -0.2) is 23.6 Å². The summed E-state index contributed by atoms with van der Waals surface area (Å²) in [5.74, 6) is -0.896. The Balaban J connectivity index is 1.57. The fourth-order valence-corrected chi connectivity index (χ4v) is 2.78. The fourth-order valence-electron chi connectivity index (χ4n) is 2.78. The molecule has 134 valence electrons. The summed E-state index contributed by atoms with van der Waals surface area (Å²) in [6.07, 6.45) is 0.755. The molecule has 6 nitrogen and oxygen atoms in total. The van der Waals surface area contributed by atoms with E-state index in [2.05, 4.69) is 10.5 Å². The Morgan fingerprint density at radius 3 is 2.77 bits per heavy atom. The van der Waals surface area contributed by atoms with Gasteiger partial charge in [0.15, 0.2) is 12.2 Å². The van der Waals surface area contributed by atoms with Crippen molar-refractivity contribution in [2.24, 2.45) is 0 Å². The van der Waals surface area contributed by atoms with Crippen molar-refractivity contribution in [1.29, 1.82) is 0 Å². The summed E-state index contributed by atoms with van der Waals surface area (Å²) in [7, 11) is 0. The van der Waals surface area contributed by atoms with Crippen molar-refractivity contribution in [3.8, 4) is 0 Å². The number of para-hydroxylation sites is 2. The summed E-state index contributed by atoms with van der Waals surface area (Å²) in [6.45, 7) is 3.61. The molecule has 1 N–H and O–H groups in total. The van der Waals surface area contributed by atoms with Gasteiger partial charge in [0, 0.05) is 11.1 Å². The lowest BCUT2D eigenvalue weighted by atomic mass is 10.1. The van der Waals surface area contributed by atoms with Crippen molar-refractivity contribution in [2.45, 2.75) is 26.7 Å².